The van der Waals surface area contributed by atoms with Crippen LogP contribution < -0.4 is 4.74 Å². The first-order valence-electron chi connectivity index (χ1n) is 9.00. The van der Waals surface area contributed by atoms with Gasteiger partial charge in [0.25, 0.3) is 0 Å². The minimum absolute atomic E-state index is 0.0111. The topological polar surface area (TPSA) is 61.8 Å². The Bertz CT molecular complexity index is 1130. The number of ether oxygens (including phenoxy) is 3. The Morgan fingerprint density at radius 3 is 2.53 bits per heavy atom. The van der Waals surface area contributed by atoms with E-state index in [2.05, 4.69) is 0 Å². The molecule has 1 aliphatic heterocycles. The smallest absolute Gasteiger partial charge is 0.453 e. The van der Waals surface area contributed by atoms with Gasteiger partial charge in [-0.1, -0.05) is 36.4 Å². The quantitative estimate of drug-likeness (QED) is 0.685. The van der Waals surface area contributed by atoms with E-state index in [-0.39, 0.29) is 11.5 Å². The van der Waals surface area contributed by atoms with E-state index >= 15 is 0 Å². The number of fused-ring (bicyclic) bond motifs is 2. The molecule has 2 aromatic carbocycles. The van der Waals surface area contributed by atoms with Gasteiger partial charge in [0.2, 0.25) is 17.3 Å². The van der Waals surface area contributed by atoms with Crippen LogP contribution in [-0.2, 0) is 19.1 Å². The fourth-order valence-corrected chi connectivity index (χ4v) is 3.30. The van der Waals surface area contributed by atoms with E-state index in [1.807, 2.05) is 12.1 Å². The first-order chi connectivity index (χ1) is 14.2. The van der Waals surface area contributed by atoms with Crippen molar-refractivity contribution in [1.82, 2.24) is 0 Å². The predicted molar refractivity (Wildman–Crippen MR) is 100 cm³/mol. The van der Waals surface area contributed by atoms with Gasteiger partial charge in [-0.05, 0) is 35.1 Å². The lowest BCUT2D eigenvalue weighted by atomic mass is 9.89. The maximum Gasteiger partial charge on any atom is 0.453 e. The Balaban J connectivity index is 1.71. The van der Waals surface area contributed by atoms with Crippen molar-refractivity contribution in [2.45, 2.75) is 19.2 Å². The fraction of sp³-hybridized carbons (Fsp3) is 0.182. The molecule has 154 valence electrons. The monoisotopic (exact) mass is 416 g/mol. The second-order valence-electron chi connectivity index (χ2n) is 6.76. The number of carbonyl (C=O) groups is 2. The summed E-state index contributed by atoms with van der Waals surface area (Å²) in [4.78, 5) is 24.0. The van der Waals surface area contributed by atoms with E-state index in [9.17, 15) is 22.8 Å². The minimum Gasteiger partial charge on any atom is -0.477 e. The average Bonchev–Trinajstić information content (AvgIpc) is 2.68. The molecule has 0 radical (unpaired) electrons. The molecular weight excluding hydrogens is 401 g/mol. The molecule has 0 saturated carbocycles. The number of allylic oxidation sites excluding steroid dienone is 3. The second kappa shape index (κ2) is 7.37. The zero-order valence-electron chi connectivity index (χ0n) is 15.6. The highest BCUT2D eigenvalue weighted by Gasteiger charge is 2.50. The van der Waals surface area contributed by atoms with Crippen molar-refractivity contribution in [1.29, 1.82) is 0 Å². The van der Waals surface area contributed by atoms with Crippen LogP contribution in [0.15, 0.2) is 78.0 Å². The van der Waals surface area contributed by atoms with Gasteiger partial charge in [0.05, 0.1) is 5.92 Å². The summed E-state index contributed by atoms with van der Waals surface area (Å²) < 4.78 is 56.3. The summed E-state index contributed by atoms with van der Waals surface area (Å²) in [5.41, 5.74) is 0. The normalized spacial score (nSPS) is 21.1. The largest absolute Gasteiger partial charge is 0.477 e. The molecule has 30 heavy (non-hydrogen) atoms. The Kier molecular flexibility index (Phi) is 4.85. The lowest BCUT2D eigenvalue weighted by Gasteiger charge is -2.33. The van der Waals surface area contributed by atoms with Crippen molar-refractivity contribution >= 4 is 22.5 Å². The lowest BCUT2D eigenvalue weighted by Crippen LogP contribution is -2.41. The number of Topliss-reactive ketones (excluding diaryl/α,β-unsaturated/α-hetero) is 1. The number of esters is 1. The number of ketones is 1. The van der Waals surface area contributed by atoms with Crippen molar-refractivity contribution in [3.63, 3.8) is 0 Å². The molecule has 0 amide bonds. The molecule has 0 aromatic heterocycles. The van der Waals surface area contributed by atoms with Crippen LogP contribution in [0.2, 0.25) is 0 Å². The predicted octanol–water partition coefficient (Wildman–Crippen LogP) is 4.59. The molecule has 0 fully saturated rings. The Morgan fingerprint density at radius 1 is 1.10 bits per heavy atom. The van der Waals surface area contributed by atoms with Gasteiger partial charge in [0.15, 0.2) is 0 Å². The van der Waals surface area contributed by atoms with Gasteiger partial charge in [-0.25, -0.2) is 0 Å². The van der Waals surface area contributed by atoms with Crippen molar-refractivity contribution in [3.05, 3.63) is 78.0 Å². The summed E-state index contributed by atoms with van der Waals surface area (Å²) in [7, 11) is 0. The molecule has 5 nitrogen and oxygen atoms in total. The molecule has 2 atom stereocenters. The van der Waals surface area contributed by atoms with Crippen molar-refractivity contribution in [2.75, 3.05) is 0 Å². The molecule has 2 aliphatic rings. The van der Waals surface area contributed by atoms with E-state index < -0.39 is 41.5 Å². The zero-order chi connectivity index (χ0) is 21.5. The molecule has 0 saturated heterocycles. The van der Waals surface area contributed by atoms with Gasteiger partial charge >= 0.3 is 12.1 Å². The van der Waals surface area contributed by atoms with Gasteiger partial charge < -0.3 is 14.2 Å². The highest BCUT2D eigenvalue weighted by molar-refractivity contribution is 5.99. The third kappa shape index (κ3) is 3.80. The Hall–Kier alpha value is -3.55. The van der Waals surface area contributed by atoms with Gasteiger partial charge in [0, 0.05) is 6.92 Å². The van der Waals surface area contributed by atoms with E-state index in [0.717, 1.165) is 17.7 Å². The van der Waals surface area contributed by atoms with E-state index in [1.54, 1.807) is 24.3 Å². The van der Waals surface area contributed by atoms with Crippen LogP contribution in [0.5, 0.6) is 5.75 Å². The summed E-state index contributed by atoms with van der Waals surface area (Å²) in [6, 6.07) is 12.0. The Morgan fingerprint density at radius 2 is 1.83 bits per heavy atom. The summed E-state index contributed by atoms with van der Waals surface area (Å²) in [5, 5.41) is 1.62. The zero-order valence-corrected chi connectivity index (χ0v) is 15.6. The SMILES string of the molecule is CC(=O)OC1=CC2OC(C(F)(F)F)=C(Oc3ccc4ccccc4c3)C(=O)C2C=C1. The minimum atomic E-state index is -4.95. The molecule has 4 rings (SSSR count). The van der Waals surface area contributed by atoms with Gasteiger partial charge in [0.1, 0.15) is 17.6 Å². The molecule has 0 spiro atoms. The molecule has 0 bridgehead atoms. The number of halogens is 3. The van der Waals surface area contributed by atoms with E-state index in [4.69, 9.17) is 14.2 Å². The molecule has 2 aromatic rings. The lowest BCUT2D eigenvalue weighted by molar-refractivity contribution is -0.156. The number of alkyl halides is 3. The average molecular weight is 416 g/mol. The van der Waals surface area contributed by atoms with Crippen LogP contribution in [0.4, 0.5) is 13.2 Å². The number of rotatable bonds is 3. The van der Waals surface area contributed by atoms with Crippen molar-refractivity contribution in [2.24, 2.45) is 5.92 Å². The summed E-state index contributed by atoms with van der Waals surface area (Å²) in [5.74, 6) is -4.89. The number of carbonyl (C=O) groups excluding carboxylic acids is 2. The van der Waals surface area contributed by atoms with Crippen LogP contribution in [0.25, 0.3) is 10.8 Å². The van der Waals surface area contributed by atoms with Crippen LogP contribution in [0, 0.1) is 5.92 Å². The second-order valence-corrected chi connectivity index (χ2v) is 6.76. The maximum absolute atomic E-state index is 13.6. The van der Waals surface area contributed by atoms with Crippen molar-refractivity contribution in [3.8, 4) is 5.75 Å². The van der Waals surface area contributed by atoms with Crippen LogP contribution in [-0.4, -0.2) is 24.0 Å². The summed E-state index contributed by atoms with van der Waals surface area (Å²) >= 11 is 0. The number of benzene rings is 2. The third-order valence-corrected chi connectivity index (χ3v) is 4.60. The highest BCUT2D eigenvalue weighted by atomic mass is 19.4. The van der Waals surface area contributed by atoms with Crippen LogP contribution in [0.3, 0.4) is 0 Å². The summed E-state index contributed by atoms with van der Waals surface area (Å²) in [6.07, 6.45) is -2.37. The standard InChI is InChI=1S/C22H15F3O5/c1-12(26)28-16-8-9-17-18(11-16)30-21(22(23,24)25)20(19(17)27)29-15-7-6-13-4-2-3-5-14(13)10-15/h2-11,17-18H,1H3. The van der Waals surface area contributed by atoms with Gasteiger partial charge in [-0.3, -0.25) is 9.59 Å². The molecule has 1 heterocycles. The summed E-state index contributed by atoms with van der Waals surface area (Å²) in [6.45, 7) is 1.16. The molecule has 2 unspecified atom stereocenters. The molecule has 1 aliphatic carbocycles. The van der Waals surface area contributed by atoms with Gasteiger partial charge in [-0.2, -0.15) is 13.2 Å². The van der Waals surface area contributed by atoms with Crippen LogP contribution in [0.1, 0.15) is 6.92 Å². The first kappa shape index (κ1) is 19.8. The third-order valence-electron chi connectivity index (χ3n) is 4.60. The highest BCUT2D eigenvalue weighted by Crippen LogP contribution is 2.40. The fourth-order valence-electron chi connectivity index (χ4n) is 3.30. The maximum atomic E-state index is 13.6. The van der Waals surface area contributed by atoms with E-state index in [0.29, 0.717) is 0 Å². The van der Waals surface area contributed by atoms with Crippen LogP contribution >= 0.6 is 0 Å². The number of hydrogen-bond acceptors (Lipinski definition) is 5. The number of hydrogen-bond donors (Lipinski definition) is 0. The van der Waals surface area contributed by atoms with Crippen molar-refractivity contribution < 1.29 is 37.0 Å². The molecule has 0 N–H and O–H groups in total. The molecular formula is C22H15F3O5. The van der Waals surface area contributed by atoms with Gasteiger partial charge in [-0.15, -0.1) is 0 Å². The first-order valence-corrected chi connectivity index (χ1v) is 9.00. The Labute approximate surface area is 169 Å². The molecule has 8 heteroatoms. The van der Waals surface area contributed by atoms with E-state index in [1.165, 1.54) is 24.3 Å².